The largest absolute Gasteiger partial charge is 0.346 e. The summed E-state index contributed by atoms with van der Waals surface area (Å²) in [7, 11) is 0. The van der Waals surface area contributed by atoms with Crippen molar-refractivity contribution < 1.29 is 14.6 Å². The molecule has 0 aromatic heterocycles. The van der Waals surface area contributed by atoms with Crippen LogP contribution in [-0.4, -0.2) is 38.6 Å². The molecule has 0 amide bonds. The Kier molecular flexibility index (Phi) is 4.20. The third-order valence-corrected chi connectivity index (χ3v) is 6.12. The number of β-amino-alcohol motifs (C(OH)–C–C–N with tert-alkyl or cyclic N) is 1. The number of amidine groups is 1. The van der Waals surface area contributed by atoms with E-state index in [-0.39, 0.29) is 5.69 Å². The molecule has 0 radical (unpaired) electrons. The lowest BCUT2D eigenvalue weighted by Crippen LogP contribution is -2.41. The number of benzene rings is 2. The summed E-state index contributed by atoms with van der Waals surface area (Å²) in [6.45, 7) is 3.21. The van der Waals surface area contributed by atoms with Crippen LogP contribution in [0.15, 0.2) is 48.5 Å². The SMILES string of the molecule is Cc1ccc(N2C[C@@](O)(c3ccc([N+](=O)[O-])cc3)[N+]3=C2SCCC3)cc1. The van der Waals surface area contributed by atoms with Gasteiger partial charge in [0.05, 0.1) is 11.5 Å². The molecule has 0 saturated heterocycles. The summed E-state index contributed by atoms with van der Waals surface area (Å²) in [5, 5.41) is 23.5. The lowest BCUT2D eigenvalue weighted by molar-refractivity contribution is -0.656. The Morgan fingerprint density at radius 3 is 2.54 bits per heavy atom. The van der Waals surface area contributed by atoms with Crippen molar-refractivity contribution in [2.75, 3.05) is 23.7 Å². The van der Waals surface area contributed by atoms with E-state index in [1.165, 1.54) is 17.7 Å². The van der Waals surface area contributed by atoms with Crippen LogP contribution >= 0.6 is 11.8 Å². The maximum atomic E-state index is 11.6. The molecule has 6 nitrogen and oxygen atoms in total. The second kappa shape index (κ2) is 6.41. The van der Waals surface area contributed by atoms with Gasteiger partial charge in [-0.3, -0.25) is 10.1 Å². The van der Waals surface area contributed by atoms with Crippen LogP contribution in [0.25, 0.3) is 0 Å². The van der Waals surface area contributed by atoms with E-state index in [1.54, 1.807) is 23.9 Å². The van der Waals surface area contributed by atoms with E-state index in [9.17, 15) is 15.2 Å². The van der Waals surface area contributed by atoms with Gasteiger partial charge in [-0.05, 0) is 49.4 Å². The zero-order valence-electron chi connectivity index (χ0n) is 14.5. The van der Waals surface area contributed by atoms with Gasteiger partial charge in [-0.1, -0.05) is 17.7 Å². The minimum atomic E-state index is -1.19. The molecule has 0 bridgehead atoms. The fraction of sp³-hybridized carbons (Fsp3) is 0.316. The molecule has 4 rings (SSSR count). The maximum Gasteiger partial charge on any atom is 0.316 e. The van der Waals surface area contributed by atoms with Crippen LogP contribution in [0, 0.1) is 17.0 Å². The molecule has 7 heteroatoms. The predicted octanol–water partition coefficient (Wildman–Crippen LogP) is 3.07. The third-order valence-electron chi connectivity index (χ3n) is 4.93. The van der Waals surface area contributed by atoms with Gasteiger partial charge >= 0.3 is 5.17 Å². The molecule has 1 atom stereocenters. The first-order valence-electron chi connectivity index (χ1n) is 8.58. The molecular weight excluding hydrogens is 350 g/mol. The molecule has 0 unspecified atom stereocenters. The molecule has 0 aliphatic carbocycles. The number of non-ortho nitro benzene ring substituents is 1. The average molecular weight is 370 g/mol. The predicted molar refractivity (Wildman–Crippen MR) is 103 cm³/mol. The number of aryl methyl sites for hydroxylation is 1. The van der Waals surface area contributed by atoms with Crippen molar-refractivity contribution in [3.8, 4) is 0 Å². The number of hydrogen-bond acceptors (Lipinski definition) is 5. The van der Waals surface area contributed by atoms with Crippen LogP contribution in [0.2, 0.25) is 0 Å². The normalized spacial score (nSPS) is 22.5. The van der Waals surface area contributed by atoms with Crippen molar-refractivity contribution in [1.82, 2.24) is 0 Å². The molecule has 2 aromatic carbocycles. The van der Waals surface area contributed by atoms with Crippen LogP contribution in [0.4, 0.5) is 11.4 Å². The second-order valence-corrected chi connectivity index (χ2v) is 7.74. The number of thioether (sulfide) groups is 1. The molecule has 1 N–H and O–H groups in total. The molecule has 2 aliphatic heterocycles. The monoisotopic (exact) mass is 370 g/mol. The quantitative estimate of drug-likeness (QED) is 0.511. The second-order valence-electron chi connectivity index (χ2n) is 6.68. The Hall–Kier alpha value is -2.38. The topological polar surface area (TPSA) is 69.6 Å². The molecule has 2 aliphatic rings. The van der Waals surface area contributed by atoms with Crippen molar-refractivity contribution in [3.05, 3.63) is 69.8 Å². The van der Waals surface area contributed by atoms with Crippen molar-refractivity contribution in [2.45, 2.75) is 19.1 Å². The van der Waals surface area contributed by atoms with Gasteiger partial charge < -0.3 is 5.11 Å². The smallest absolute Gasteiger partial charge is 0.316 e. The minimum absolute atomic E-state index is 0.0305. The summed E-state index contributed by atoms with van der Waals surface area (Å²) in [4.78, 5) is 12.6. The van der Waals surface area contributed by atoms with Crippen LogP contribution < -0.4 is 4.90 Å². The number of rotatable bonds is 3. The van der Waals surface area contributed by atoms with E-state index in [2.05, 4.69) is 36.1 Å². The van der Waals surface area contributed by atoms with E-state index in [0.717, 1.165) is 29.6 Å². The summed E-state index contributed by atoms with van der Waals surface area (Å²) in [5.74, 6) is 1.02. The maximum absolute atomic E-state index is 11.6. The van der Waals surface area contributed by atoms with Gasteiger partial charge in [-0.25, -0.2) is 9.48 Å². The molecule has 26 heavy (non-hydrogen) atoms. The van der Waals surface area contributed by atoms with Crippen LogP contribution in [0.3, 0.4) is 0 Å². The minimum Gasteiger partial charge on any atom is -0.346 e. The van der Waals surface area contributed by atoms with Crippen molar-refractivity contribution in [1.29, 1.82) is 0 Å². The Bertz CT molecular complexity index is 880. The Balaban J connectivity index is 1.75. The highest BCUT2D eigenvalue weighted by atomic mass is 32.2. The zero-order valence-corrected chi connectivity index (χ0v) is 15.3. The summed E-state index contributed by atoms with van der Waals surface area (Å²) in [5.41, 5.74) is 1.75. The number of nitro groups is 1. The molecular formula is C19H20N3O3S+. The Morgan fingerprint density at radius 1 is 1.19 bits per heavy atom. The van der Waals surface area contributed by atoms with Crippen LogP contribution in [0.1, 0.15) is 17.5 Å². The Morgan fingerprint density at radius 2 is 1.88 bits per heavy atom. The van der Waals surface area contributed by atoms with Gasteiger partial charge in [-0.2, -0.15) is 0 Å². The number of nitro benzene ring substituents is 1. The average Bonchev–Trinajstić information content (AvgIpc) is 2.97. The fourth-order valence-corrected chi connectivity index (χ4v) is 4.70. The van der Waals surface area contributed by atoms with Crippen LogP contribution in [0.5, 0.6) is 0 Å². The Labute approximate surface area is 155 Å². The first-order chi connectivity index (χ1) is 12.5. The van der Waals surface area contributed by atoms with Gasteiger partial charge in [0.2, 0.25) is 0 Å². The highest BCUT2D eigenvalue weighted by Crippen LogP contribution is 2.38. The standard InChI is InChI=1S/C19H20N3O3S/c1-14-3-7-16(8-4-14)20-13-19(23,21-11-2-12-26-18(20)21)15-5-9-17(10-6-15)22(24)25/h3-10,23H,2,11-13H2,1H3/q+1/t19-/m1/s1. The van der Waals surface area contributed by atoms with Gasteiger partial charge in [0.25, 0.3) is 11.4 Å². The first kappa shape index (κ1) is 17.1. The molecule has 0 spiro atoms. The molecule has 2 heterocycles. The van der Waals surface area contributed by atoms with Gasteiger partial charge in [0, 0.05) is 23.4 Å². The van der Waals surface area contributed by atoms with E-state index in [1.807, 2.05) is 4.58 Å². The lowest BCUT2D eigenvalue weighted by atomic mass is 10.0. The number of hydrogen-bond donors (Lipinski definition) is 1. The molecule has 134 valence electrons. The van der Waals surface area contributed by atoms with E-state index in [0.29, 0.717) is 12.1 Å². The summed E-state index contributed by atoms with van der Waals surface area (Å²) in [6.07, 6.45) is 0.991. The lowest BCUT2D eigenvalue weighted by Gasteiger charge is -2.24. The fourth-order valence-electron chi connectivity index (χ4n) is 3.52. The van der Waals surface area contributed by atoms with E-state index < -0.39 is 10.6 Å². The van der Waals surface area contributed by atoms with Gasteiger partial charge in [-0.15, -0.1) is 0 Å². The third kappa shape index (κ3) is 2.77. The van der Waals surface area contributed by atoms with Crippen molar-refractivity contribution in [3.63, 3.8) is 0 Å². The number of anilines is 1. The zero-order chi connectivity index (χ0) is 18.3. The van der Waals surface area contributed by atoms with E-state index in [4.69, 9.17) is 0 Å². The van der Waals surface area contributed by atoms with Gasteiger partial charge in [0.1, 0.15) is 5.69 Å². The highest BCUT2D eigenvalue weighted by Gasteiger charge is 2.53. The number of aliphatic hydroxyl groups is 1. The van der Waals surface area contributed by atoms with Crippen molar-refractivity contribution >= 4 is 28.3 Å². The first-order valence-corrected chi connectivity index (χ1v) is 9.56. The summed E-state index contributed by atoms with van der Waals surface area (Å²) >= 11 is 1.75. The highest BCUT2D eigenvalue weighted by molar-refractivity contribution is 8.13. The number of nitrogens with zero attached hydrogens (tertiary/aromatic N) is 3. The van der Waals surface area contributed by atoms with Gasteiger partial charge in [0.15, 0.2) is 6.54 Å². The van der Waals surface area contributed by atoms with E-state index >= 15 is 0 Å². The molecule has 0 saturated carbocycles. The van der Waals surface area contributed by atoms with Crippen LogP contribution in [-0.2, 0) is 5.72 Å². The molecule has 2 aromatic rings. The van der Waals surface area contributed by atoms with Crippen molar-refractivity contribution in [2.24, 2.45) is 0 Å². The molecule has 0 fully saturated rings. The summed E-state index contributed by atoms with van der Waals surface area (Å²) in [6, 6.07) is 14.5. The summed E-state index contributed by atoms with van der Waals surface area (Å²) < 4.78 is 2.03.